The van der Waals surface area contributed by atoms with Crippen molar-refractivity contribution in [2.75, 3.05) is 37.5 Å². The highest BCUT2D eigenvalue weighted by atomic mass is 35.5. The lowest BCUT2D eigenvalue weighted by Gasteiger charge is -2.36. The molecular formula is C27H28ClN3O4. The summed E-state index contributed by atoms with van der Waals surface area (Å²) in [5.74, 6) is 1.08. The Balaban J connectivity index is 1.57. The normalized spacial score (nSPS) is 13.5. The molecule has 3 amide bonds. The third-order valence-electron chi connectivity index (χ3n) is 5.89. The Morgan fingerprint density at radius 1 is 0.971 bits per heavy atom. The number of benzene rings is 3. The van der Waals surface area contributed by atoms with Crippen molar-refractivity contribution in [1.82, 2.24) is 4.90 Å². The van der Waals surface area contributed by atoms with Crippen molar-refractivity contribution in [1.29, 1.82) is 0 Å². The van der Waals surface area contributed by atoms with Crippen LogP contribution in [-0.4, -0.2) is 44.1 Å². The first-order valence-corrected chi connectivity index (χ1v) is 11.7. The van der Waals surface area contributed by atoms with E-state index in [2.05, 4.69) is 5.32 Å². The van der Waals surface area contributed by atoms with Crippen LogP contribution >= 0.6 is 11.6 Å². The number of hydrogen-bond donors (Lipinski definition) is 1. The maximum absolute atomic E-state index is 13.5. The van der Waals surface area contributed by atoms with Crippen molar-refractivity contribution in [2.45, 2.75) is 19.9 Å². The van der Waals surface area contributed by atoms with E-state index >= 15 is 0 Å². The average molecular weight is 494 g/mol. The van der Waals surface area contributed by atoms with Gasteiger partial charge in [0.25, 0.3) is 5.91 Å². The fourth-order valence-corrected chi connectivity index (χ4v) is 4.24. The zero-order chi connectivity index (χ0) is 24.9. The molecule has 182 valence electrons. The van der Waals surface area contributed by atoms with Crippen LogP contribution in [0.3, 0.4) is 0 Å². The highest BCUT2D eigenvalue weighted by Gasteiger charge is 2.29. The van der Waals surface area contributed by atoms with Crippen LogP contribution in [0.4, 0.5) is 16.2 Å². The molecule has 3 aromatic rings. The first kappa shape index (κ1) is 24.4. The maximum atomic E-state index is 13.5. The Labute approximate surface area is 210 Å². The fraction of sp³-hybridized carbons (Fsp3) is 0.259. The van der Waals surface area contributed by atoms with Crippen molar-refractivity contribution in [3.8, 4) is 11.5 Å². The van der Waals surface area contributed by atoms with Gasteiger partial charge in [0.2, 0.25) is 0 Å². The molecule has 1 aliphatic rings. The number of carbonyl (C=O) groups is 2. The highest BCUT2D eigenvalue weighted by molar-refractivity contribution is 6.30. The van der Waals surface area contributed by atoms with Gasteiger partial charge in [0.05, 0.1) is 25.6 Å². The van der Waals surface area contributed by atoms with Crippen molar-refractivity contribution in [2.24, 2.45) is 0 Å². The van der Waals surface area contributed by atoms with Crippen LogP contribution in [0.15, 0.2) is 60.7 Å². The quantitative estimate of drug-likeness (QED) is 0.455. The van der Waals surface area contributed by atoms with Gasteiger partial charge in [-0.2, -0.15) is 0 Å². The van der Waals surface area contributed by atoms with Crippen LogP contribution in [0, 0.1) is 6.92 Å². The Kier molecular flexibility index (Phi) is 7.46. The monoisotopic (exact) mass is 493 g/mol. The van der Waals surface area contributed by atoms with E-state index in [0.29, 0.717) is 53.1 Å². The number of amides is 3. The van der Waals surface area contributed by atoms with E-state index in [4.69, 9.17) is 21.1 Å². The lowest BCUT2D eigenvalue weighted by molar-refractivity contribution is 0.102. The summed E-state index contributed by atoms with van der Waals surface area (Å²) in [6.07, 6.45) is 0.797. The van der Waals surface area contributed by atoms with Gasteiger partial charge in [-0.1, -0.05) is 17.7 Å². The molecule has 1 heterocycles. The van der Waals surface area contributed by atoms with Gasteiger partial charge in [0, 0.05) is 36.3 Å². The van der Waals surface area contributed by atoms with E-state index in [-0.39, 0.29) is 11.9 Å². The summed E-state index contributed by atoms with van der Waals surface area (Å²) < 4.78 is 10.7. The molecule has 7 nitrogen and oxygen atoms in total. The molecule has 0 radical (unpaired) electrons. The number of nitrogens with one attached hydrogen (secondary N) is 1. The second kappa shape index (κ2) is 10.7. The molecule has 4 rings (SSSR count). The predicted octanol–water partition coefficient (Wildman–Crippen LogP) is 5.75. The minimum absolute atomic E-state index is 0.121. The SMILES string of the molecule is COc1cc(CN2CCCN(c3ccc(C)cc3NC(=O)c3ccc(Cl)cc3)C2=O)cc(OC)c1. The average Bonchev–Trinajstić information content (AvgIpc) is 2.86. The lowest BCUT2D eigenvalue weighted by Crippen LogP contribution is -2.49. The zero-order valence-electron chi connectivity index (χ0n) is 20.0. The van der Waals surface area contributed by atoms with E-state index in [0.717, 1.165) is 17.5 Å². The number of carbonyl (C=O) groups excluding carboxylic acids is 2. The molecule has 1 fully saturated rings. The largest absolute Gasteiger partial charge is 0.497 e. The molecule has 0 spiro atoms. The first-order valence-electron chi connectivity index (χ1n) is 11.3. The van der Waals surface area contributed by atoms with Gasteiger partial charge >= 0.3 is 6.03 Å². The molecule has 3 aromatic carbocycles. The maximum Gasteiger partial charge on any atom is 0.324 e. The fourth-order valence-electron chi connectivity index (χ4n) is 4.11. The summed E-state index contributed by atoms with van der Waals surface area (Å²) in [5.41, 5.74) is 3.63. The summed E-state index contributed by atoms with van der Waals surface area (Å²) in [5, 5.41) is 3.53. The summed E-state index contributed by atoms with van der Waals surface area (Å²) in [7, 11) is 3.20. The van der Waals surface area contributed by atoms with E-state index in [1.165, 1.54) is 0 Å². The number of nitrogens with zero attached hydrogens (tertiary/aromatic N) is 2. The van der Waals surface area contributed by atoms with Gasteiger partial charge in [-0.05, 0) is 73.0 Å². The summed E-state index contributed by atoms with van der Waals surface area (Å²) >= 11 is 5.95. The van der Waals surface area contributed by atoms with Gasteiger partial charge in [0.1, 0.15) is 11.5 Å². The topological polar surface area (TPSA) is 71.1 Å². The third-order valence-corrected chi connectivity index (χ3v) is 6.15. The smallest absolute Gasteiger partial charge is 0.324 e. The van der Waals surface area contributed by atoms with Gasteiger partial charge in [-0.3, -0.25) is 9.69 Å². The van der Waals surface area contributed by atoms with Gasteiger partial charge < -0.3 is 19.7 Å². The minimum Gasteiger partial charge on any atom is -0.497 e. The molecule has 0 atom stereocenters. The van der Waals surface area contributed by atoms with Crippen LogP contribution < -0.4 is 19.7 Å². The van der Waals surface area contributed by atoms with Crippen LogP contribution in [0.25, 0.3) is 0 Å². The van der Waals surface area contributed by atoms with Crippen LogP contribution in [-0.2, 0) is 6.54 Å². The molecule has 0 unspecified atom stereocenters. The third kappa shape index (κ3) is 5.69. The number of anilines is 2. The number of rotatable bonds is 7. The van der Waals surface area contributed by atoms with E-state index in [1.807, 2.05) is 37.3 Å². The number of aryl methyl sites for hydroxylation is 1. The molecule has 0 aromatic heterocycles. The number of halogens is 1. The van der Waals surface area contributed by atoms with Gasteiger partial charge in [-0.15, -0.1) is 0 Å². The van der Waals surface area contributed by atoms with E-state index < -0.39 is 0 Å². The standard InChI is InChI=1S/C27H28ClN3O4/c1-18-5-10-25(24(13-18)29-26(32)20-6-8-21(28)9-7-20)31-12-4-11-30(27(31)33)17-19-14-22(34-2)16-23(15-19)35-3/h5-10,13-16H,4,11-12,17H2,1-3H3,(H,29,32). The summed E-state index contributed by atoms with van der Waals surface area (Å²) in [4.78, 5) is 29.9. The first-order chi connectivity index (χ1) is 16.9. The van der Waals surface area contributed by atoms with Crippen molar-refractivity contribution >= 4 is 34.9 Å². The van der Waals surface area contributed by atoms with Gasteiger partial charge in [0.15, 0.2) is 0 Å². The summed E-state index contributed by atoms with van der Waals surface area (Å²) in [6, 6.07) is 17.9. The number of hydrogen-bond acceptors (Lipinski definition) is 4. The van der Waals surface area contributed by atoms with Crippen LogP contribution in [0.5, 0.6) is 11.5 Å². The van der Waals surface area contributed by atoms with Crippen LogP contribution in [0.2, 0.25) is 5.02 Å². The molecule has 1 N–H and O–H groups in total. The van der Waals surface area contributed by atoms with Gasteiger partial charge in [-0.25, -0.2) is 4.79 Å². The molecule has 0 saturated carbocycles. The molecule has 35 heavy (non-hydrogen) atoms. The Bertz CT molecular complexity index is 1210. The van der Waals surface area contributed by atoms with E-state index in [9.17, 15) is 9.59 Å². The number of methoxy groups -OCH3 is 2. The second-order valence-corrected chi connectivity index (χ2v) is 8.85. The zero-order valence-corrected chi connectivity index (χ0v) is 20.8. The van der Waals surface area contributed by atoms with E-state index in [1.54, 1.807) is 54.4 Å². The second-order valence-electron chi connectivity index (χ2n) is 8.41. The highest BCUT2D eigenvalue weighted by Crippen LogP contribution is 2.31. The molecule has 8 heteroatoms. The van der Waals surface area contributed by atoms with Crippen molar-refractivity contribution in [3.05, 3.63) is 82.4 Å². The molecule has 1 aliphatic heterocycles. The summed E-state index contributed by atoms with van der Waals surface area (Å²) in [6.45, 7) is 3.56. The Morgan fingerprint density at radius 3 is 2.31 bits per heavy atom. The molecule has 0 aliphatic carbocycles. The van der Waals surface area contributed by atoms with Crippen LogP contribution in [0.1, 0.15) is 27.9 Å². The van der Waals surface area contributed by atoms with Crippen molar-refractivity contribution < 1.29 is 19.1 Å². The Hall–Kier alpha value is -3.71. The van der Waals surface area contributed by atoms with Crippen molar-refractivity contribution in [3.63, 3.8) is 0 Å². The minimum atomic E-state index is -0.265. The molecule has 0 bridgehead atoms. The Morgan fingerprint density at radius 2 is 1.66 bits per heavy atom. The number of urea groups is 1. The molecule has 1 saturated heterocycles. The lowest BCUT2D eigenvalue weighted by atomic mass is 10.1. The predicted molar refractivity (Wildman–Crippen MR) is 138 cm³/mol. The number of ether oxygens (including phenoxy) is 2. The molecular weight excluding hydrogens is 466 g/mol.